The Labute approximate surface area is 198 Å². The van der Waals surface area contributed by atoms with Crippen LogP contribution in [-0.2, 0) is 23.9 Å². The fourth-order valence-corrected chi connectivity index (χ4v) is 4.39. The number of halogens is 3. The van der Waals surface area contributed by atoms with Crippen molar-refractivity contribution in [2.75, 3.05) is 44.7 Å². The number of piperazine rings is 1. The molecule has 0 unspecified atom stereocenters. The van der Waals surface area contributed by atoms with Gasteiger partial charge in [-0.05, 0) is 62.2 Å². The van der Waals surface area contributed by atoms with Gasteiger partial charge in [-0.3, -0.25) is 4.90 Å². The van der Waals surface area contributed by atoms with Gasteiger partial charge in [-0.1, -0.05) is 24.3 Å². The van der Waals surface area contributed by atoms with Gasteiger partial charge in [-0.15, -0.1) is 0 Å². The summed E-state index contributed by atoms with van der Waals surface area (Å²) in [5, 5.41) is 4.79. The molecule has 8 heteroatoms. The molecule has 1 aromatic heterocycles. The molecule has 1 aliphatic rings. The molecule has 3 aromatic rings. The molecule has 0 aliphatic carbocycles. The normalized spacial score (nSPS) is 15.1. The summed E-state index contributed by atoms with van der Waals surface area (Å²) in [6.45, 7) is 4.69. The second-order valence-electron chi connectivity index (χ2n) is 8.64. The number of anilines is 1. The first-order valence-corrected chi connectivity index (χ1v) is 11.7. The zero-order chi connectivity index (χ0) is 24.0. The van der Waals surface area contributed by atoms with Crippen LogP contribution in [-0.4, -0.2) is 54.5 Å². The lowest BCUT2D eigenvalue weighted by atomic mass is 10.1. The standard InChI is InChI=1S/C26H31F3N4O/c1-34-20-25-19-22(30-33(25)23-10-3-2-4-11-23)9-5-6-13-31-14-16-32(17-15-31)24-12-7-8-21(18-24)26(27,28)29/h2-4,7-8,10-12,18-19H,5-6,9,13-17,20H2,1H3. The molecule has 1 fully saturated rings. The van der Waals surface area contributed by atoms with Crippen LogP contribution in [0.25, 0.3) is 5.69 Å². The van der Waals surface area contributed by atoms with Gasteiger partial charge in [-0.2, -0.15) is 18.3 Å². The predicted octanol–water partition coefficient (Wildman–Crippen LogP) is 5.18. The minimum atomic E-state index is -4.31. The maximum absolute atomic E-state index is 13.0. The first-order chi connectivity index (χ1) is 16.4. The number of rotatable bonds is 9. The van der Waals surface area contributed by atoms with Gasteiger partial charge in [0, 0.05) is 39.0 Å². The third-order valence-electron chi connectivity index (χ3n) is 6.19. The fraction of sp³-hybridized carbons (Fsp3) is 0.423. The summed E-state index contributed by atoms with van der Waals surface area (Å²) < 4.78 is 46.3. The van der Waals surface area contributed by atoms with Crippen molar-refractivity contribution < 1.29 is 17.9 Å². The Hall–Kier alpha value is -2.84. The van der Waals surface area contributed by atoms with Crippen molar-refractivity contribution in [1.29, 1.82) is 0 Å². The first-order valence-electron chi connectivity index (χ1n) is 11.7. The molecular weight excluding hydrogens is 441 g/mol. The number of ether oxygens (including phenoxy) is 1. The van der Waals surface area contributed by atoms with Gasteiger partial charge in [0.25, 0.3) is 0 Å². The van der Waals surface area contributed by atoms with Gasteiger partial charge in [0.15, 0.2) is 0 Å². The molecule has 4 rings (SSSR count). The molecule has 1 aliphatic heterocycles. The van der Waals surface area contributed by atoms with E-state index in [-0.39, 0.29) is 0 Å². The smallest absolute Gasteiger partial charge is 0.378 e. The van der Waals surface area contributed by atoms with Crippen LogP contribution in [0.2, 0.25) is 0 Å². The van der Waals surface area contributed by atoms with Crippen LogP contribution in [0, 0.1) is 0 Å². The lowest BCUT2D eigenvalue weighted by Crippen LogP contribution is -2.46. The van der Waals surface area contributed by atoms with Gasteiger partial charge in [0.2, 0.25) is 0 Å². The second kappa shape index (κ2) is 11.1. The van der Waals surface area contributed by atoms with E-state index in [0.717, 1.165) is 75.1 Å². The minimum absolute atomic E-state index is 0.512. The van der Waals surface area contributed by atoms with Crippen LogP contribution in [0.1, 0.15) is 29.8 Å². The topological polar surface area (TPSA) is 33.5 Å². The number of hydrogen-bond acceptors (Lipinski definition) is 4. The fourth-order valence-electron chi connectivity index (χ4n) is 4.39. The van der Waals surface area contributed by atoms with Crippen molar-refractivity contribution in [3.63, 3.8) is 0 Å². The maximum atomic E-state index is 13.0. The van der Waals surface area contributed by atoms with Gasteiger partial charge in [-0.25, -0.2) is 4.68 Å². The third-order valence-corrected chi connectivity index (χ3v) is 6.19. The highest BCUT2D eigenvalue weighted by Crippen LogP contribution is 2.31. The van der Waals surface area contributed by atoms with E-state index in [1.807, 2.05) is 39.9 Å². The third kappa shape index (κ3) is 6.18. The molecule has 0 radical (unpaired) electrons. The van der Waals surface area contributed by atoms with Crippen LogP contribution >= 0.6 is 0 Å². The highest BCUT2D eigenvalue weighted by molar-refractivity contribution is 5.49. The molecule has 0 spiro atoms. The largest absolute Gasteiger partial charge is 0.416 e. The molecule has 2 heterocycles. The van der Waals surface area contributed by atoms with Gasteiger partial charge in [0.1, 0.15) is 0 Å². The van der Waals surface area contributed by atoms with Gasteiger partial charge < -0.3 is 9.64 Å². The average Bonchev–Trinajstić information content (AvgIpc) is 3.25. The van der Waals surface area contributed by atoms with Crippen LogP contribution < -0.4 is 4.90 Å². The van der Waals surface area contributed by atoms with Crippen LogP contribution in [0.5, 0.6) is 0 Å². The zero-order valence-electron chi connectivity index (χ0n) is 19.5. The molecule has 0 N–H and O–H groups in total. The maximum Gasteiger partial charge on any atom is 0.416 e. The molecule has 2 aromatic carbocycles. The Morgan fingerprint density at radius 1 is 0.882 bits per heavy atom. The molecule has 1 saturated heterocycles. The minimum Gasteiger partial charge on any atom is -0.378 e. The van der Waals surface area contributed by atoms with Crippen molar-refractivity contribution >= 4 is 5.69 Å². The summed E-state index contributed by atoms with van der Waals surface area (Å²) in [5.74, 6) is 0. The molecule has 34 heavy (non-hydrogen) atoms. The number of hydrogen-bond donors (Lipinski definition) is 0. The highest BCUT2D eigenvalue weighted by atomic mass is 19.4. The number of nitrogens with zero attached hydrogens (tertiary/aromatic N) is 4. The summed E-state index contributed by atoms with van der Waals surface area (Å²) in [6.07, 6.45) is -1.31. The summed E-state index contributed by atoms with van der Waals surface area (Å²) in [7, 11) is 1.69. The van der Waals surface area contributed by atoms with E-state index >= 15 is 0 Å². The average molecular weight is 473 g/mol. The lowest BCUT2D eigenvalue weighted by molar-refractivity contribution is -0.137. The van der Waals surface area contributed by atoms with Gasteiger partial charge in [0.05, 0.1) is 29.2 Å². The Morgan fingerprint density at radius 3 is 2.32 bits per heavy atom. The number of methoxy groups -OCH3 is 1. The Morgan fingerprint density at radius 2 is 1.62 bits per heavy atom. The van der Waals surface area contributed by atoms with Crippen molar-refractivity contribution in [2.45, 2.75) is 32.0 Å². The zero-order valence-corrected chi connectivity index (χ0v) is 19.5. The number of unbranched alkanes of at least 4 members (excludes halogenated alkanes) is 1. The van der Waals surface area contributed by atoms with Crippen molar-refractivity contribution in [1.82, 2.24) is 14.7 Å². The predicted molar refractivity (Wildman–Crippen MR) is 127 cm³/mol. The number of benzene rings is 2. The Bertz CT molecular complexity index is 1040. The van der Waals surface area contributed by atoms with E-state index in [1.165, 1.54) is 12.1 Å². The van der Waals surface area contributed by atoms with Gasteiger partial charge >= 0.3 is 6.18 Å². The number of aryl methyl sites for hydroxylation is 1. The van der Waals surface area contributed by atoms with Crippen molar-refractivity contribution in [2.24, 2.45) is 0 Å². The molecule has 0 atom stereocenters. The monoisotopic (exact) mass is 472 g/mol. The quantitative estimate of drug-likeness (QED) is 0.402. The van der Waals surface area contributed by atoms with Crippen molar-refractivity contribution in [3.05, 3.63) is 77.6 Å². The molecule has 5 nitrogen and oxygen atoms in total. The number of alkyl halides is 3. The summed E-state index contributed by atoms with van der Waals surface area (Å²) in [6, 6.07) is 17.8. The molecule has 0 bridgehead atoms. The van der Waals surface area contributed by atoms with Crippen molar-refractivity contribution in [3.8, 4) is 5.69 Å². The number of para-hydroxylation sites is 1. The number of aromatic nitrogens is 2. The Balaban J connectivity index is 1.24. The van der Waals surface area contributed by atoms with E-state index in [0.29, 0.717) is 12.3 Å². The highest BCUT2D eigenvalue weighted by Gasteiger charge is 2.31. The second-order valence-corrected chi connectivity index (χ2v) is 8.64. The van der Waals surface area contributed by atoms with E-state index in [2.05, 4.69) is 11.0 Å². The molecule has 182 valence electrons. The Kier molecular flexibility index (Phi) is 7.90. The summed E-state index contributed by atoms with van der Waals surface area (Å²) in [5.41, 5.74) is 3.19. The first kappa shape index (κ1) is 24.3. The van der Waals surface area contributed by atoms with Crippen LogP contribution in [0.15, 0.2) is 60.7 Å². The lowest BCUT2D eigenvalue weighted by Gasteiger charge is -2.36. The summed E-state index contributed by atoms with van der Waals surface area (Å²) in [4.78, 5) is 4.43. The van der Waals surface area contributed by atoms with E-state index < -0.39 is 11.7 Å². The molecule has 0 amide bonds. The summed E-state index contributed by atoms with van der Waals surface area (Å²) >= 11 is 0. The molecule has 0 saturated carbocycles. The van der Waals surface area contributed by atoms with E-state index in [4.69, 9.17) is 9.84 Å². The SMILES string of the molecule is COCc1cc(CCCCN2CCN(c3cccc(C(F)(F)F)c3)CC2)nn1-c1ccccc1. The van der Waals surface area contributed by atoms with Crippen LogP contribution in [0.3, 0.4) is 0 Å². The van der Waals surface area contributed by atoms with Crippen LogP contribution in [0.4, 0.5) is 18.9 Å². The molecular formula is C26H31F3N4O. The van der Waals surface area contributed by atoms with E-state index in [9.17, 15) is 13.2 Å². The van der Waals surface area contributed by atoms with E-state index in [1.54, 1.807) is 13.2 Å².